The van der Waals surface area contributed by atoms with Crippen LogP contribution >= 0.6 is 0 Å². The summed E-state index contributed by atoms with van der Waals surface area (Å²) in [6, 6.07) is 3.45. The Kier molecular flexibility index (Phi) is 6.75. The van der Waals surface area contributed by atoms with E-state index in [4.69, 9.17) is 5.10 Å². The van der Waals surface area contributed by atoms with Gasteiger partial charge in [-0.3, -0.25) is 4.68 Å². The molecule has 0 amide bonds. The molecule has 1 aromatic rings. The third kappa shape index (κ3) is 5.14. The fourth-order valence-electron chi connectivity index (χ4n) is 3.47. The lowest BCUT2D eigenvalue weighted by atomic mass is 9.96. The molecule has 1 aliphatic rings. The molecular formula is C18H33N3. The minimum Gasteiger partial charge on any atom is -0.314 e. The average molecular weight is 291 g/mol. The summed E-state index contributed by atoms with van der Waals surface area (Å²) in [6.45, 7) is 7.88. The van der Waals surface area contributed by atoms with Gasteiger partial charge in [-0.2, -0.15) is 5.10 Å². The Hall–Kier alpha value is -0.830. The maximum atomic E-state index is 4.87. The Balaban J connectivity index is 1.92. The highest BCUT2D eigenvalue weighted by Gasteiger charge is 2.18. The van der Waals surface area contributed by atoms with Crippen molar-refractivity contribution in [3.8, 4) is 0 Å². The molecule has 1 saturated carbocycles. The van der Waals surface area contributed by atoms with Crippen molar-refractivity contribution < 1.29 is 0 Å². The van der Waals surface area contributed by atoms with Gasteiger partial charge >= 0.3 is 0 Å². The van der Waals surface area contributed by atoms with Crippen LogP contribution in [0, 0.1) is 5.92 Å². The van der Waals surface area contributed by atoms with E-state index in [1.54, 1.807) is 0 Å². The molecular weight excluding hydrogens is 258 g/mol. The Labute approximate surface area is 130 Å². The first kappa shape index (κ1) is 16.5. The maximum Gasteiger partial charge on any atom is 0.0640 e. The maximum absolute atomic E-state index is 4.87. The van der Waals surface area contributed by atoms with Crippen molar-refractivity contribution in [2.75, 3.05) is 6.54 Å². The highest BCUT2D eigenvalue weighted by molar-refractivity contribution is 5.02. The van der Waals surface area contributed by atoms with E-state index in [0.717, 1.165) is 18.9 Å². The van der Waals surface area contributed by atoms with E-state index in [0.29, 0.717) is 12.1 Å². The van der Waals surface area contributed by atoms with E-state index in [-0.39, 0.29) is 0 Å². The van der Waals surface area contributed by atoms with Gasteiger partial charge in [0, 0.05) is 18.7 Å². The first-order valence-corrected chi connectivity index (χ1v) is 9.00. The SMILES string of the molecule is CCNC(Cc1ccn(C2CCCCC2)n1)CC(C)CC. The molecule has 0 aromatic carbocycles. The molecule has 2 unspecified atom stereocenters. The van der Waals surface area contributed by atoms with Gasteiger partial charge in [0.15, 0.2) is 0 Å². The van der Waals surface area contributed by atoms with E-state index in [2.05, 4.69) is 43.0 Å². The summed E-state index contributed by atoms with van der Waals surface area (Å²) in [5.74, 6) is 0.787. The molecule has 0 aliphatic heterocycles. The lowest BCUT2D eigenvalue weighted by Crippen LogP contribution is -2.32. The van der Waals surface area contributed by atoms with Gasteiger partial charge in [-0.25, -0.2) is 0 Å². The average Bonchev–Trinajstić information content (AvgIpc) is 2.97. The molecule has 0 spiro atoms. The van der Waals surface area contributed by atoms with Gasteiger partial charge < -0.3 is 5.32 Å². The Bertz CT molecular complexity index is 393. The molecule has 2 rings (SSSR count). The Morgan fingerprint density at radius 2 is 2.05 bits per heavy atom. The summed E-state index contributed by atoms with van der Waals surface area (Å²) < 4.78 is 2.24. The first-order valence-electron chi connectivity index (χ1n) is 9.00. The Morgan fingerprint density at radius 1 is 1.29 bits per heavy atom. The van der Waals surface area contributed by atoms with Crippen molar-refractivity contribution in [2.24, 2.45) is 5.92 Å². The van der Waals surface area contributed by atoms with Crippen LogP contribution in [0.3, 0.4) is 0 Å². The fraction of sp³-hybridized carbons (Fsp3) is 0.833. The Morgan fingerprint density at radius 3 is 2.71 bits per heavy atom. The zero-order valence-corrected chi connectivity index (χ0v) is 14.1. The second kappa shape index (κ2) is 8.57. The number of nitrogens with zero attached hydrogens (tertiary/aromatic N) is 2. The smallest absolute Gasteiger partial charge is 0.0640 e. The molecule has 2 atom stereocenters. The number of hydrogen-bond acceptors (Lipinski definition) is 2. The van der Waals surface area contributed by atoms with Crippen LogP contribution < -0.4 is 5.32 Å². The largest absolute Gasteiger partial charge is 0.314 e. The van der Waals surface area contributed by atoms with Crippen molar-refractivity contribution in [1.82, 2.24) is 15.1 Å². The van der Waals surface area contributed by atoms with Crippen LogP contribution in [-0.2, 0) is 6.42 Å². The first-order chi connectivity index (χ1) is 10.2. The van der Waals surface area contributed by atoms with Gasteiger partial charge in [-0.05, 0) is 37.8 Å². The molecule has 120 valence electrons. The summed E-state index contributed by atoms with van der Waals surface area (Å²) in [7, 11) is 0. The van der Waals surface area contributed by atoms with Gasteiger partial charge in [-0.1, -0.05) is 46.5 Å². The van der Waals surface area contributed by atoms with Gasteiger partial charge in [0.1, 0.15) is 0 Å². The van der Waals surface area contributed by atoms with E-state index < -0.39 is 0 Å². The highest BCUT2D eigenvalue weighted by atomic mass is 15.3. The monoisotopic (exact) mass is 291 g/mol. The second-order valence-electron chi connectivity index (χ2n) is 6.79. The molecule has 21 heavy (non-hydrogen) atoms. The fourth-order valence-corrected chi connectivity index (χ4v) is 3.47. The van der Waals surface area contributed by atoms with Crippen LogP contribution in [0.1, 0.15) is 77.5 Å². The van der Waals surface area contributed by atoms with Crippen LogP contribution in [0.4, 0.5) is 0 Å². The van der Waals surface area contributed by atoms with Crippen LogP contribution in [-0.4, -0.2) is 22.4 Å². The predicted octanol–water partition coefficient (Wildman–Crippen LogP) is 4.35. The molecule has 1 aromatic heterocycles. The topological polar surface area (TPSA) is 29.9 Å². The second-order valence-corrected chi connectivity index (χ2v) is 6.79. The molecule has 0 bridgehead atoms. The normalized spacial score (nSPS) is 19.6. The van der Waals surface area contributed by atoms with Crippen molar-refractivity contribution in [1.29, 1.82) is 0 Å². The third-order valence-electron chi connectivity index (χ3n) is 4.94. The van der Waals surface area contributed by atoms with E-state index in [1.165, 1.54) is 50.6 Å². The summed E-state index contributed by atoms with van der Waals surface area (Å²) in [5.41, 5.74) is 1.26. The number of likely N-dealkylation sites (N-methyl/N-ethyl adjacent to an activating group) is 1. The molecule has 1 N–H and O–H groups in total. The van der Waals surface area contributed by atoms with Gasteiger partial charge in [-0.15, -0.1) is 0 Å². The minimum absolute atomic E-state index is 0.569. The molecule has 3 nitrogen and oxygen atoms in total. The molecule has 1 fully saturated rings. The van der Waals surface area contributed by atoms with E-state index >= 15 is 0 Å². The van der Waals surface area contributed by atoms with Crippen molar-refractivity contribution in [3.63, 3.8) is 0 Å². The number of nitrogens with one attached hydrogen (secondary N) is 1. The van der Waals surface area contributed by atoms with Crippen LogP contribution in [0.15, 0.2) is 12.3 Å². The molecule has 3 heteroatoms. The third-order valence-corrected chi connectivity index (χ3v) is 4.94. The lowest BCUT2D eigenvalue weighted by molar-refractivity contribution is 0.326. The van der Waals surface area contributed by atoms with Gasteiger partial charge in [0.2, 0.25) is 0 Å². The van der Waals surface area contributed by atoms with Gasteiger partial charge in [0.05, 0.1) is 11.7 Å². The summed E-state index contributed by atoms with van der Waals surface area (Å²) in [6.07, 6.45) is 12.5. The predicted molar refractivity (Wildman–Crippen MR) is 89.6 cm³/mol. The minimum atomic E-state index is 0.569. The summed E-state index contributed by atoms with van der Waals surface area (Å²) in [5, 5.41) is 8.50. The number of rotatable bonds is 8. The molecule has 0 saturated heterocycles. The quantitative estimate of drug-likeness (QED) is 0.772. The molecule has 1 aliphatic carbocycles. The summed E-state index contributed by atoms with van der Waals surface area (Å²) >= 11 is 0. The lowest BCUT2D eigenvalue weighted by Gasteiger charge is -2.22. The van der Waals surface area contributed by atoms with E-state index in [1.807, 2.05) is 0 Å². The van der Waals surface area contributed by atoms with Crippen molar-refractivity contribution in [2.45, 2.75) is 84.2 Å². The van der Waals surface area contributed by atoms with E-state index in [9.17, 15) is 0 Å². The highest BCUT2D eigenvalue weighted by Crippen LogP contribution is 2.27. The zero-order valence-electron chi connectivity index (χ0n) is 14.1. The number of hydrogen-bond donors (Lipinski definition) is 1. The van der Waals surface area contributed by atoms with Crippen LogP contribution in [0.2, 0.25) is 0 Å². The van der Waals surface area contributed by atoms with Crippen molar-refractivity contribution >= 4 is 0 Å². The van der Waals surface area contributed by atoms with Crippen molar-refractivity contribution in [3.05, 3.63) is 18.0 Å². The number of aromatic nitrogens is 2. The zero-order chi connectivity index (χ0) is 15.1. The van der Waals surface area contributed by atoms with Crippen LogP contribution in [0.25, 0.3) is 0 Å². The van der Waals surface area contributed by atoms with Crippen LogP contribution in [0.5, 0.6) is 0 Å². The van der Waals surface area contributed by atoms with Gasteiger partial charge in [0.25, 0.3) is 0 Å². The molecule has 0 radical (unpaired) electrons. The standard InChI is InChI=1S/C18H33N3/c1-4-15(3)13-17(19-5-2)14-16-11-12-21(20-16)18-9-7-6-8-10-18/h11-12,15,17-19H,4-10,13-14H2,1-3H3. The summed E-state index contributed by atoms with van der Waals surface area (Å²) in [4.78, 5) is 0. The molecule has 1 heterocycles.